The van der Waals surface area contributed by atoms with Gasteiger partial charge in [0.1, 0.15) is 0 Å². The SMILES string of the molecule is OCC[C@H]1CN(Cc2c[nH]c3ccccc23)CCN1CCCc1ccccc1. The molecule has 148 valence electrons. The molecule has 1 saturated heterocycles. The normalized spacial score (nSPS) is 18.7. The summed E-state index contributed by atoms with van der Waals surface area (Å²) in [5.41, 5.74) is 4.00. The Morgan fingerprint density at radius 3 is 2.68 bits per heavy atom. The molecule has 0 unspecified atom stereocenters. The summed E-state index contributed by atoms with van der Waals surface area (Å²) in [6.07, 6.45) is 5.31. The molecule has 0 spiro atoms. The number of piperazine rings is 1. The third-order valence-electron chi connectivity index (χ3n) is 5.97. The number of para-hydroxylation sites is 1. The van der Waals surface area contributed by atoms with Crippen LogP contribution in [0.2, 0.25) is 0 Å². The van der Waals surface area contributed by atoms with Crippen molar-refractivity contribution < 1.29 is 5.11 Å². The van der Waals surface area contributed by atoms with Gasteiger partial charge in [0.05, 0.1) is 0 Å². The summed E-state index contributed by atoms with van der Waals surface area (Å²) in [7, 11) is 0. The maximum Gasteiger partial charge on any atom is 0.0457 e. The Hall–Kier alpha value is -2.14. The van der Waals surface area contributed by atoms with E-state index in [1.807, 2.05) is 0 Å². The zero-order valence-electron chi connectivity index (χ0n) is 16.6. The number of aliphatic hydroxyl groups is 1. The molecule has 0 bridgehead atoms. The van der Waals surface area contributed by atoms with E-state index in [1.54, 1.807) is 0 Å². The number of rotatable bonds is 8. The van der Waals surface area contributed by atoms with Crippen LogP contribution in [0.4, 0.5) is 0 Å². The summed E-state index contributed by atoms with van der Waals surface area (Å²) in [4.78, 5) is 8.52. The third-order valence-corrected chi connectivity index (χ3v) is 5.97. The quantitative estimate of drug-likeness (QED) is 0.629. The van der Waals surface area contributed by atoms with Crippen molar-refractivity contribution in [2.24, 2.45) is 0 Å². The first-order valence-electron chi connectivity index (χ1n) is 10.5. The number of hydrogen-bond donors (Lipinski definition) is 2. The molecule has 28 heavy (non-hydrogen) atoms. The van der Waals surface area contributed by atoms with E-state index in [0.29, 0.717) is 6.04 Å². The van der Waals surface area contributed by atoms with Gasteiger partial charge in [0.15, 0.2) is 0 Å². The first-order chi connectivity index (χ1) is 13.8. The van der Waals surface area contributed by atoms with Gasteiger partial charge >= 0.3 is 0 Å². The molecule has 0 aliphatic carbocycles. The van der Waals surface area contributed by atoms with Crippen LogP contribution in [0.25, 0.3) is 10.9 Å². The van der Waals surface area contributed by atoms with E-state index >= 15 is 0 Å². The topological polar surface area (TPSA) is 42.5 Å². The number of H-pyrrole nitrogens is 1. The van der Waals surface area contributed by atoms with Crippen molar-refractivity contribution in [3.8, 4) is 0 Å². The lowest BCUT2D eigenvalue weighted by Crippen LogP contribution is -2.53. The summed E-state index contributed by atoms with van der Waals surface area (Å²) >= 11 is 0. The van der Waals surface area contributed by atoms with Gasteiger partial charge in [0, 0.05) is 55.9 Å². The van der Waals surface area contributed by atoms with E-state index in [4.69, 9.17) is 0 Å². The van der Waals surface area contributed by atoms with Crippen molar-refractivity contribution in [2.75, 3.05) is 32.8 Å². The molecule has 0 radical (unpaired) electrons. The number of hydrogen-bond acceptors (Lipinski definition) is 3. The molecule has 4 rings (SSSR count). The second kappa shape index (κ2) is 9.37. The fourth-order valence-corrected chi connectivity index (χ4v) is 4.45. The summed E-state index contributed by atoms with van der Waals surface area (Å²) in [6.45, 7) is 5.56. The lowest BCUT2D eigenvalue weighted by Gasteiger charge is -2.41. The highest BCUT2D eigenvalue weighted by Crippen LogP contribution is 2.22. The van der Waals surface area contributed by atoms with Gasteiger partial charge in [-0.2, -0.15) is 0 Å². The Kier molecular flexibility index (Phi) is 6.42. The number of aryl methyl sites for hydroxylation is 1. The first kappa shape index (κ1) is 19.2. The molecule has 2 N–H and O–H groups in total. The van der Waals surface area contributed by atoms with E-state index in [2.05, 4.69) is 75.6 Å². The first-order valence-corrected chi connectivity index (χ1v) is 10.5. The number of aliphatic hydroxyl groups excluding tert-OH is 1. The molecule has 4 heteroatoms. The highest BCUT2D eigenvalue weighted by Gasteiger charge is 2.26. The largest absolute Gasteiger partial charge is 0.396 e. The molecule has 0 saturated carbocycles. The van der Waals surface area contributed by atoms with Crippen LogP contribution < -0.4 is 0 Å². The fourth-order valence-electron chi connectivity index (χ4n) is 4.45. The minimum Gasteiger partial charge on any atom is -0.396 e. The highest BCUT2D eigenvalue weighted by atomic mass is 16.3. The van der Waals surface area contributed by atoms with Gasteiger partial charge in [-0.25, -0.2) is 0 Å². The predicted octanol–water partition coefficient (Wildman–Crippen LogP) is 3.67. The Morgan fingerprint density at radius 2 is 1.82 bits per heavy atom. The molecule has 0 amide bonds. The van der Waals surface area contributed by atoms with E-state index in [0.717, 1.165) is 45.6 Å². The summed E-state index contributed by atoms with van der Waals surface area (Å²) in [5, 5.41) is 10.9. The molecule has 1 aliphatic heterocycles. The highest BCUT2D eigenvalue weighted by molar-refractivity contribution is 5.82. The Labute approximate surface area is 167 Å². The van der Waals surface area contributed by atoms with Crippen molar-refractivity contribution in [3.05, 3.63) is 71.9 Å². The molecule has 2 aromatic carbocycles. The van der Waals surface area contributed by atoms with Gasteiger partial charge < -0.3 is 10.1 Å². The van der Waals surface area contributed by atoms with Crippen LogP contribution in [0.1, 0.15) is 24.0 Å². The molecule has 4 nitrogen and oxygen atoms in total. The van der Waals surface area contributed by atoms with Crippen LogP contribution >= 0.6 is 0 Å². The summed E-state index contributed by atoms with van der Waals surface area (Å²) < 4.78 is 0. The van der Waals surface area contributed by atoms with E-state index in [1.165, 1.54) is 28.5 Å². The van der Waals surface area contributed by atoms with Crippen LogP contribution in [0.3, 0.4) is 0 Å². The standard InChI is InChI=1S/C24H31N3O/c28-16-12-22-19-26(18-21-17-25-24-11-5-4-10-23(21)24)14-15-27(22)13-6-9-20-7-2-1-3-8-20/h1-5,7-8,10-11,17,22,25,28H,6,9,12-16,18-19H2/t22-/m0/s1. The number of fused-ring (bicyclic) bond motifs is 1. The Balaban J connectivity index is 1.33. The van der Waals surface area contributed by atoms with Gasteiger partial charge in [-0.3, -0.25) is 9.80 Å². The van der Waals surface area contributed by atoms with Crippen molar-refractivity contribution in [2.45, 2.75) is 31.8 Å². The van der Waals surface area contributed by atoms with Gasteiger partial charge in [0.2, 0.25) is 0 Å². The summed E-state index contributed by atoms with van der Waals surface area (Å²) in [6, 6.07) is 19.7. The van der Waals surface area contributed by atoms with Crippen LogP contribution in [0.5, 0.6) is 0 Å². The van der Waals surface area contributed by atoms with E-state index in [-0.39, 0.29) is 6.61 Å². The Bertz CT molecular complexity index is 860. The molecule has 1 fully saturated rings. The van der Waals surface area contributed by atoms with Crippen LogP contribution in [-0.4, -0.2) is 58.7 Å². The number of nitrogens with one attached hydrogen (secondary N) is 1. The molecule has 1 aliphatic rings. The van der Waals surface area contributed by atoms with Gasteiger partial charge in [0.25, 0.3) is 0 Å². The number of aromatic amines is 1. The maximum atomic E-state index is 9.57. The predicted molar refractivity (Wildman–Crippen MR) is 115 cm³/mol. The molecule has 1 atom stereocenters. The summed E-state index contributed by atoms with van der Waals surface area (Å²) in [5.74, 6) is 0. The zero-order valence-corrected chi connectivity index (χ0v) is 16.6. The van der Waals surface area contributed by atoms with Crippen molar-refractivity contribution >= 4 is 10.9 Å². The van der Waals surface area contributed by atoms with Crippen LogP contribution in [-0.2, 0) is 13.0 Å². The van der Waals surface area contributed by atoms with Crippen LogP contribution in [0.15, 0.2) is 60.8 Å². The Morgan fingerprint density at radius 1 is 1.00 bits per heavy atom. The molecule has 3 aromatic rings. The van der Waals surface area contributed by atoms with Crippen LogP contribution in [0, 0.1) is 0 Å². The average Bonchev–Trinajstić information content (AvgIpc) is 3.14. The zero-order chi connectivity index (χ0) is 19.2. The minimum absolute atomic E-state index is 0.265. The molecular weight excluding hydrogens is 346 g/mol. The van der Waals surface area contributed by atoms with E-state index in [9.17, 15) is 5.11 Å². The van der Waals surface area contributed by atoms with Gasteiger partial charge in [-0.15, -0.1) is 0 Å². The fraction of sp³-hybridized carbons (Fsp3) is 0.417. The van der Waals surface area contributed by atoms with Crippen molar-refractivity contribution in [1.82, 2.24) is 14.8 Å². The maximum absolute atomic E-state index is 9.57. The molecule has 1 aromatic heterocycles. The second-order valence-corrected chi connectivity index (χ2v) is 7.89. The van der Waals surface area contributed by atoms with Gasteiger partial charge in [-0.1, -0.05) is 48.5 Å². The molecular formula is C24H31N3O. The van der Waals surface area contributed by atoms with E-state index < -0.39 is 0 Å². The van der Waals surface area contributed by atoms with Gasteiger partial charge in [-0.05, 0) is 43.0 Å². The third kappa shape index (κ3) is 4.64. The lowest BCUT2D eigenvalue weighted by atomic mass is 10.1. The average molecular weight is 378 g/mol. The van der Waals surface area contributed by atoms with Crippen molar-refractivity contribution in [1.29, 1.82) is 0 Å². The monoisotopic (exact) mass is 377 g/mol. The number of nitrogens with zero attached hydrogens (tertiary/aromatic N) is 2. The smallest absolute Gasteiger partial charge is 0.0457 e. The number of aromatic nitrogens is 1. The number of benzene rings is 2. The second-order valence-electron chi connectivity index (χ2n) is 7.89. The minimum atomic E-state index is 0.265. The lowest BCUT2D eigenvalue weighted by molar-refractivity contribution is 0.0549. The molecule has 2 heterocycles. The van der Waals surface area contributed by atoms with Crippen molar-refractivity contribution in [3.63, 3.8) is 0 Å².